The normalized spacial score (nSPS) is 15.0. The number of rotatable bonds is 6. The van der Waals surface area contributed by atoms with Crippen molar-refractivity contribution in [2.75, 3.05) is 44.3 Å². The number of benzene rings is 2. The highest BCUT2D eigenvalue weighted by atomic mass is 16.5. The van der Waals surface area contributed by atoms with E-state index in [0.29, 0.717) is 13.1 Å². The van der Waals surface area contributed by atoms with E-state index in [1.807, 2.05) is 23.1 Å². The fraction of sp³-hybridized carbons (Fsp3) is 0.350. The molecule has 3 aromatic rings. The molecule has 0 amide bonds. The number of nitrogens with zero attached hydrogens (tertiary/aromatic N) is 3. The molecule has 1 aliphatic rings. The van der Waals surface area contributed by atoms with Crippen LogP contribution in [0.5, 0.6) is 0 Å². The topological polar surface area (TPSA) is 94.3 Å². The molecule has 1 aliphatic heterocycles. The number of hydrogen-bond acceptors (Lipinski definition) is 6. The van der Waals surface area contributed by atoms with E-state index < -0.39 is 11.2 Å². The van der Waals surface area contributed by atoms with Crippen LogP contribution in [0.1, 0.15) is 5.56 Å². The van der Waals surface area contributed by atoms with Gasteiger partial charge in [0.2, 0.25) is 5.82 Å². The molecule has 8 heteroatoms. The molecule has 0 bridgehead atoms. The van der Waals surface area contributed by atoms with Crippen molar-refractivity contribution >= 4 is 16.6 Å². The van der Waals surface area contributed by atoms with Crippen LogP contribution in [0.2, 0.25) is 0 Å². The predicted octanol–water partition coefficient (Wildman–Crippen LogP) is 0.950. The monoisotopic (exact) mass is 381 g/mol. The van der Waals surface area contributed by atoms with E-state index in [1.54, 1.807) is 0 Å². The molecule has 1 saturated heterocycles. The lowest BCUT2D eigenvalue weighted by Crippen LogP contribution is -2.43. The van der Waals surface area contributed by atoms with Crippen LogP contribution in [0.25, 0.3) is 10.8 Å². The zero-order chi connectivity index (χ0) is 19.3. The van der Waals surface area contributed by atoms with E-state index in [9.17, 15) is 9.59 Å². The van der Waals surface area contributed by atoms with Crippen LogP contribution in [0, 0.1) is 0 Å². The highest BCUT2D eigenvalue weighted by molar-refractivity contribution is 5.85. The van der Waals surface area contributed by atoms with Gasteiger partial charge in [0.1, 0.15) is 0 Å². The standard InChI is InChI=1S/C20H23N5O3/c26-19-18(22-23-20(27)21-19)25(9-8-24-10-12-28-13-11-24)14-16-6-3-5-15-4-1-2-7-17(15)16/h1-7H,8-14H2,(H2,21,23,26,27). The highest BCUT2D eigenvalue weighted by Crippen LogP contribution is 2.21. The molecule has 0 saturated carbocycles. The molecule has 4 rings (SSSR count). The number of aromatic amines is 2. The predicted molar refractivity (Wildman–Crippen MR) is 108 cm³/mol. The molecule has 28 heavy (non-hydrogen) atoms. The minimum Gasteiger partial charge on any atom is -0.379 e. The van der Waals surface area contributed by atoms with Crippen molar-refractivity contribution in [3.8, 4) is 0 Å². The minimum absolute atomic E-state index is 0.223. The maximum absolute atomic E-state index is 12.4. The molecule has 8 nitrogen and oxygen atoms in total. The summed E-state index contributed by atoms with van der Waals surface area (Å²) in [4.78, 5) is 30.3. The van der Waals surface area contributed by atoms with E-state index in [0.717, 1.165) is 49.2 Å². The second-order valence-electron chi connectivity index (χ2n) is 6.84. The zero-order valence-corrected chi connectivity index (χ0v) is 15.6. The molecule has 0 unspecified atom stereocenters. The minimum atomic E-state index is -0.605. The molecule has 1 aromatic heterocycles. The number of ether oxygens (including phenoxy) is 1. The Hall–Kier alpha value is -2.97. The lowest BCUT2D eigenvalue weighted by atomic mass is 10.0. The van der Waals surface area contributed by atoms with Crippen LogP contribution in [-0.2, 0) is 11.3 Å². The van der Waals surface area contributed by atoms with Gasteiger partial charge in [-0.15, -0.1) is 5.10 Å². The Balaban J connectivity index is 1.63. The van der Waals surface area contributed by atoms with Crippen LogP contribution in [0.3, 0.4) is 0 Å². The van der Waals surface area contributed by atoms with Gasteiger partial charge in [-0.2, -0.15) is 0 Å². The Morgan fingerprint density at radius 2 is 1.86 bits per heavy atom. The molecule has 1 fully saturated rings. The van der Waals surface area contributed by atoms with Gasteiger partial charge in [0.15, 0.2) is 0 Å². The average Bonchev–Trinajstić information content (AvgIpc) is 2.72. The number of aromatic nitrogens is 3. The van der Waals surface area contributed by atoms with Gasteiger partial charge in [-0.05, 0) is 16.3 Å². The number of morpholine rings is 1. The Kier molecular flexibility index (Phi) is 5.50. The Bertz CT molecular complexity index is 1050. The first-order valence-electron chi connectivity index (χ1n) is 9.41. The molecule has 2 N–H and O–H groups in total. The number of H-pyrrole nitrogens is 2. The first kappa shape index (κ1) is 18.4. The van der Waals surface area contributed by atoms with Gasteiger partial charge >= 0.3 is 5.69 Å². The molecular weight excluding hydrogens is 358 g/mol. The third-order valence-electron chi connectivity index (χ3n) is 5.02. The summed E-state index contributed by atoms with van der Waals surface area (Å²) < 4.78 is 5.40. The van der Waals surface area contributed by atoms with E-state index >= 15 is 0 Å². The van der Waals surface area contributed by atoms with E-state index in [2.05, 4.69) is 44.3 Å². The van der Waals surface area contributed by atoms with E-state index in [4.69, 9.17) is 4.74 Å². The second-order valence-corrected chi connectivity index (χ2v) is 6.84. The molecule has 0 radical (unpaired) electrons. The van der Waals surface area contributed by atoms with Crippen molar-refractivity contribution in [2.45, 2.75) is 6.54 Å². The summed E-state index contributed by atoms with van der Waals surface area (Å²) in [5, 5.41) is 8.66. The van der Waals surface area contributed by atoms with Gasteiger partial charge in [-0.3, -0.25) is 14.7 Å². The number of nitrogens with one attached hydrogen (secondary N) is 2. The van der Waals surface area contributed by atoms with Crippen LogP contribution >= 0.6 is 0 Å². The van der Waals surface area contributed by atoms with Crippen LogP contribution < -0.4 is 16.1 Å². The van der Waals surface area contributed by atoms with Gasteiger partial charge in [0, 0.05) is 32.7 Å². The van der Waals surface area contributed by atoms with Gasteiger partial charge in [0.25, 0.3) is 5.56 Å². The second kappa shape index (κ2) is 8.37. The van der Waals surface area contributed by atoms with Gasteiger partial charge in [-0.25, -0.2) is 9.89 Å². The fourth-order valence-corrected chi connectivity index (χ4v) is 3.54. The van der Waals surface area contributed by atoms with Crippen molar-refractivity contribution in [1.82, 2.24) is 20.1 Å². The molecule has 146 valence electrons. The number of fused-ring (bicyclic) bond motifs is 1. The van der Waals surface area contributed by atoms with Crippen molar-refractivity contribution < 1.29 is 4.74 Å². The third kappa shape index (κ3) is 4.13. The molecule has 2 aromatic carbocycles. The van der Waals surface area contributed by atoms with E-state index in [-0.39, 0.29) is 5.82 Å². The van der Waals surface area contributed by atoms with Gasteiger partial charge in [-0.1, -0.05) is 42.5 Å². The Labute approximate surface area is 161 Å². The van der Waals surface area contributed by atoms with E-state index in [1.165, 1.54) is 0 Å². The van der Waals surface area contributed by atoms with Crippen LogP contribution in [0.4, 0.5) is 5.82 Å². The summed E-state index contributed by atoms with van der Waals surface area (Å²) in [6.07, 6.45) is 0. The largest absolute Gasteiger partial charge is 0.379 e. The molecule has 0 atom stereocenters. The quantitative estimate of drug-likeness (QED) is 0.660. The summed E-state index contributed by atoms with van der Waals surface area (Å²) in [5.41, 5.74) is 0.0190. The molecular formula is C20H23N5O3. The van der Waals surface area contributed by atoms with Crippen molar-refractivity contribution in [3.05, 3.63) is 68.9 Å². The summed E-state index contributed by atoms with van der Waals surface area (Å²) >= 11 is 0. The number of anilines is 1. The van der Waals surface area contributed by atoms with Crippen LogP contribution in [-0.4, -0.2) is 59.5 Å². The summed E-state index contributed by atoms with van der Waals surface area (Å²) in [5.74, 6) is 0.223. The maximum Gasteiger partial charge on any atom is 0.342 e. The van der Waals surface area contributed by atoms with Crippen LogP contribution in [0.15, 0.2) is 52.1 Å². The zero-order valence-electron chi connectivity index (χ0n) is 15.6. The first-order valence-corrected chi connectivity index (χ1v) is 9.41. The van der Waals surface area contributed by atoms with Gasteiger partial charge in [0.05, 0.1) is 13.2 Å². The Morgan fingerprint density at radius 3 is 2.68 bits per heavy atom. The average molecular weight is 381 g/mol. The molecule has 0 aliphatic carbocycles. The lowest BCUT2D eigenvalue weighted by Gasteiger charge is -2.30. The van der Waals surface area contributed by atoms with Crippen molar-refractivity contribution in [1.29, 1.82) is 0 Å². The molecule has 0 spiro atoms. The van der Waals surface area contributed by atoms with Crippen molar-refractivity contribution in [2.24, 2.45) is 0 Å². The fourth-order valence-electron chi connectivity index (χ4n) is 3.54. The molecule has 2 heterocycles. The summed E-state index contributed by atoms with van der Waals surface area (Å²) in [6.45, 7) is 5.12. The van der Waals surface area contributed by atoms with Crippen molar-refractivity contribution in [3.63, 3.8) is 0 Å². The Morgan fingerprint density at radius 1 is 1.07 bits per heavy atom. The number of hydrogen-bond donors (Lipinski definition) is 2. The van der Waals surface area contributed by atoms with Gasteiger partial charge < -0.3 is 9.64 Å². The lowest BCUT2D eigenvalue weighted by molar-refractivity contribution is 0.0391. The SMILES string of the molecule is O=c1[nH]nc(N(CCN2CCOCC2)Cc2cccc3ccccc23)c(=O)[nH]1. The summed E-state index contributed by atoms with van der Waals surface area (Å²) in [6, 6.07) is 14.3. The highest BCUT2D eigenvalue weighted by Gasteiger charge is 2.17. The third-order valence-corrected chi connectivity index (χ3v) is 5.02. The summed E-state index contributed by atoms with van der Waals surface area (Å²) in [7, 11) is 0. The first-order chi connectivity index (χ1) is 13.7. The maximum atomic E-state index is 12.4. The smallest absolute Gasteiger partial charge is 0.342 e.